The highest BCUT2D eigenvalue weighted by Crippen LogP contribution is 2.14. The van der Waals surface area contributed by atoms with E-state index in [1.165, 1.54) is 4.68 Å². The molecular formula is C12H21N5O3. The number of hydrogen-bond acceptors (Lipinski definition) is 5. The number of nitrogens with two attached hydrogens (primary N) is 1. The number of amides is 2. The Morgan fingerprint density at radius 3 is 2.60 bits per heavy atom. The average Bonchev–Trinajstić information content (AvgIpc) is 2.63. The molecule has 8 heteroatoms. The van der Waals surface area contributed by atoms with Crippen LogP contribution in [0.2, 0.25) is 0 Å². The summed E-state index contributed by atoms with van der Waals surface area (Å²) in [6.45, 7) is 2.89. The SMILES string of the molecule is COCCNC(=O)CCNC(=O)c1c(N)c(C)nn1C. The van der Waals surface area contributed by atoms with Gasteiger partial charge in [-0.1, -0.05) is 0 Å². The molecular weight excluding hydrogens is 262 g/mol. The third-order valence-corrected chi connectivity index (χ3v) is 2.75. The van der Waals surface area contributed by atoms with E-state index in [1.54, 1.807) is 21.1 Å². The van der Waals surface area contributed by atoms with Crippen molar-refractivity contribution in [3.05, 3.63) is 11.4 Å². The number of carbonyl (C=O) groups excluding carboxylic acids is 2. The van der Waals surface area contributed by atoms with Gasteiger partial charge in [-0.05, 0) is 6.92 Å². The molecule has 0 aromatic carbocycles. The number of aryl methyl sites for hydroxylation is 2. The van der Waals surface area contributed by atoms with Crippen molar-refractivity contribution in [2.75, 3.05) is 32.5 Å². The quantitative estimate of drug-likeness (QED) is 0.567. The molecule has 2 amide bonds. The lowest BCUT2D eigenvalue weighted by atomic mass is 10.3. The number of nitrogen functional groups attached to an aromatic ring is 1. The van der Waals surface area contributed by atoms with E-state index in [4.69, 9.17) is 10.5 Å². The van der Waals surface area contributed by atoms with E-state index in [0.29, 0.717) is 30.2 Å². The molecule has 0 atom stereocenters. The number of hydrogen-bond donors (Lipinski definition) is 3. The van der Waals surface area contributed by atoms with Crippen LogP contribution in [0, 0.1) is 6.92 Å². The number of carbonyl (C=O) groups is 2. The first-order valence-electron chi connectivity index (χ1n) is 6.30. The lowest BCUT2D eigenvalue weighted by molar-refractivity contribution is -0.121. The second kappa shape index (κ2) is 7.49. The molecule has 0 saturated carbocycles. The van der Waals surface area contributed by atoms with Crippen LogP contribution in [0.1, 0.15) is 22.6 Å². The Kier molecular flexibility index (Phi) is 5.98. The van der Waals surface area contributed by atoms with Gasteiger partial charge in [0.2, 0.25) is 5.91 Å². The Morgan fingerprint density at radius 1 is 1.35 bits per heavy atom. The maximum absolute atomic E-state index is 11.9. The minimum absolute atomic E-state index is 0.142. The van der Waals surface area contributed by atoms with E-state index >= 15 is 0 Å². The van der Waals surface area contributed by atoms with Crippen molar-refractivity contribution in [3.8, 4) is 0 Å². The zero-order valence-corrected chi connectivity index (χ0v) is 12.0. The molecule has 0 bridgehead atoms. The van der Waals surface area contributed by atoms with Crippen molar-refractivity contribution in [2.45, 2.75) is 13.3 Å². The average molecular weight is 283 g/mol. The number of rotatable bonds is 7. The first kappa shape index (κ1) is 16.0. The van der Waals surface area contributed by atoms with Gasteiger partial charge in [-0.3, -0.25) is 14.3 Å². The van der Waals surface area contributed by atoms with Gasteiger partial charge < -0.3 is 21.1 Å². The first-order chi connectivity index (χ1) is 9.47. The maximum atomic E-state index is 11.9. The van der Waals surface area contributed by atoms with Crippen molar-refractivity contribution in [1.82, 2.24) is 20.4 Å². The molecule has 112 valence electrons. The van der Waals surface area contributed by atoms with E-state index in [0.717, 1.165) is 0 Å². The van der Waals surface area contributed by atoms with E-state index in [1.807, 2.05) is 0 Å². The topological polar surface area (TPSA) is 111 Å². The summed E-state index contributed by atoms with van der Waals surface area (Å²) in [4.78, 5) is 23.4. The Morgan fingerprint density at radius 2 is 2.05 bits per heavy atom. The minimum atomic E-state index is -0.338. The number of aromatic nitrogens is 2. The molecule has 1 aromatic rings. The molecule has 8 nitrogen and oxygen atoms in total. The van der Waals surface area contributed by atoms with Gasteiger partial charge in [0.25, 0.3) is 5.91 Å². The van der Waals surface area contributed by atoms with Gasteiger partial charge in [0.05, 0.1) is 18.0 Å². The third-order valence-electron chi connectivity index (χ3n) is 2.75. The van der Waals surface area contributed by atoms with Crippen molar-refractivity contribution < 1.29 is 14.3 Å². The van der Waals surface area contributed by atoms with Crippen LogP contribution < -0.4 is 16.4 Å². The molecule has 4 N–H and O–H groups in total. The highest BCUT2D eigenvalue weighted by Gasteiger charge is 2.17. The van der Waals surface area contributed by atoms with Gasteiger partial charge in [-0.2, -0.15) is 5.10 Å². The number of methoxy groups -OCH3 is 1. The summed E-state index contributed by atoms with van der Waals surface area (Å²) < 4.78 is 6.24. The van der Waals surface area contributed by atoms with Crippen LogP contribution in [0.25, 0.3) is 0 Å². The number of anilines is 1. The summed E-state index contributed by atoms with van der Waals surface area (Å²) in [5, 5.41) is 9.37. The number of nitrogens with zero attached hydrogens (tertiary/aromatic N) is 2. The highest BCUT2D eigenvalue weighted by molar-refractivity contribution is 5.98. The van der Waals surface area contributed by atoms with Crippen LogP contribution in [0.15, 0.2) is 0 Å². The van der Waals surface area contributed by atoms with Gasteiger partial charge in [-0.25, -0.2) is 0 Å². The van der Waals surface area contributed by atoms with Crippen LogP contribution in [-0.4, -0.2) is 48.4 Å². The first-order valence-corrected chi connectivity index (χ1v) is 6.30. The van der Waals surface area contributed by atoms with Crippen molar-refractivity contribution in [3.63, 3.8) is 0 Å². The summed E-state index contributed by atoms with van der Waals surface area (Å²) in [6, 6.07) is 0. The lowest BCUT2D eigenvalue weighted by Gasteiger charge is -2.07. The molecule has 0 fully saturated rings. The van der Waals surface area contributed by atoms with Gasteiger partial charge in [0.1, 0.15) is 5.69 Å². The third kappa shape index (κ3) is 4.23. The normalized spacial score (nSPS) is 10.3. The summed E-state index contributed by atoms with van der Waals surface area (Å²) >= 11 is 0. The van der Waals surface area contributed by atoms with E-state index in [2.05, 4.69) is 15.7 Å². The monoisotopic (exact) mass is 283 g/mol. The standard InChI is InChI=1S/C12H21N5O3/c1-8-10(13)11(17(2)16-8)12(19)15-5-4-9(18)14-6-7-20-3/h4-7,13H2,1-3H3,(H,14,18)(H,15,19). The highest BCUT2D eigenvalue weighted by atomic mass is 16.5. The summed E-state index contributed by atoms with van der Waals surface area (Å²) in [6.07, 6.45) is 0.201. The molecule has 1 heterocycles. The maximum Gasteiger partial charge on any atom is 0.271 e. The molecule has 0 aliphatic heterocycles. The molecule has 1 aromatic heterocycles. The molecule has 0 radical (unpaired) electrons. The van der Waals surface area contributed by atoms with E-state index < -0.39 is 0 Å². The van der Waals surface area contributed by atoms with Gasteiger partial charge in [0, 0.05) is 33.7 Å². The summed E-state index contributed by atoms with van der Waals surface area (Å²) in [7, 11) is 3.21. The lowest BCUT2D eigenvalue weighted by Crippen LogP contribution is -2.33. The van der Waals surface area contributed by atoms with E-state index in [-0.39, 0.29) is 24.8 Å². The Bertz CT molecular complexity index is 484. The van der Waals surface area contributed by atoms with Crippen LogP contribution in [0.3, 0.4) is 0 Å². The predicted molar refractivity (Wildman–Crippen MR) is 74.2 cm³/mol. The minimum Gasteiger partial charge on any atom is -0.395 e. The fourth-order valence-electron chi connectivity index (χ4n) is 1.70. The van der Waals surface area contributed by atoms with Crippen LogP contribution in [0.5, 0.6) is 0 Å². The van der Waals surface area contributed by atoms with Crippen molar-refractivity contribution in [2.24, 2.45) is 7.05 Å². The fraction of sp³-hybridized carbons (Fsp3) is 0.583. The molecule has 0 aliphatic carbocycles. The van der Waals surface area contributed by atoms with Gasteiger partial charge in [-0.15, -0.1) is 0 Å². The zero-order valence-electron chi connectivity index (χ0n) is 12.0. The van der Waals surface area contributed by atoms with Crippen molar-refractivity contribution in [1.29, 1.82) is 0 Å². The zero-order chi connectivity index (χ0) is 15.1. The Balaban J connectivity index is 2.38. The van der Waals surface area contributed by atoms with Gasteiger partial charge >= 0.3 is 0 Å². The largest absolute Gasteiger partial charge is 0.395 e. The van der Waals surface area contributed by atoms with Crippen LogP contribution >= 0.6 is 0 Å². The molecule has 1 rings (SSSR count). The predicted octanol–water partition coefficient (Wildman–Crippen LogP) is -0.807. The molecule has 0 spiro atoms. The molecule has 0 unspecified atom stereocenters. The smallest absolute Gasteiger partial charge is 0.271 e. The Labute approximate surface area is 117 Å². The van der Waals surface area contributed by atoms with Gasteiger partial charge in [0.15, 0.2) is 0 Å². The van der Waals surface area contributed by atoms with Crippen LogP contribution in [-0.2, 0) is 16.6 Å². The molecule has 0 aliphatic rings. The van der Waals surface area contributed by atoms with Crippen molar-refractivity contribution >= 4 is 17.5 Å². The van der Waals surface area contributed by atoms with Crippen LogP contribution in [0.4, 0.5) is 5.69 Å². The van der Waals surface area contributed by atoms with E-state index in [9.17, 15) is 9.59 Å². The summed E-state index contributed by atoms with van der Waals surface area (Å²) in [5.74, 6) is -0.480. The number of ether oxygens (including phenoxy) is 1. The summed E-state index contributed by atoms with van der Waals surface area (Å²) in [5.41, 5.74) is 7.05. The molecule has 20 heavy (non-hydrogen) atoms. The second-order valence-electron chi connectivity index (χ2n) is 4.32. The number of nitrogens with one attached hydrogen (secondary N) is 2. The molecule has 0 saturated heterocycles. The fourth-order valence-corrected chi connectivity index (χ4v) is 1.70. The second-order valence-corrected chi connectivity index (χ2v) is 4.32. The Hall–Kier alpha value is -2.09.